The lowest BCUT2D eigenvalue weighted by molar-refractivity contribution is -0.384. The van der Waals surface area contributed by atoms with E-state index in [9.17, 15) is 14.9 Å². The maximum absolute atomic E-state index is 12.2. The van der Waals surface area contributed by atoms with Gasteiger partial charge in [0.1, 0.15) is 0 Å². The van der Waals surface area contributed by atoms with Crippen LogP contribution in [0.1, 0.15) is 25.0 Å². The van der Waals surface area contributed by atoms with Gasteiger partial charge in [-0.15, -0.1) is 0 Å². The van der Waals surface area contributed by atoms with Crippen LogP contribution in [0.5, 0.6) is 11.5 Å². The van der Waals surface area contributed by atoms with Crippen LogP contribution in [-0.2, 0) is 9.53 Å². The third-order valence-electron chi connectivity index (χ3n) is 3.89. The van der Waals surface area contributed by atoms with E-state index in [0.29, 0.717) is 30.3 Å². The van der Waals surface area contributed by atoms with Gasteiger partial charge in [-0.05, 0) is 43.7 Å². The SMILES string of the molecule is CCOc1ccc(/C=C2\N=C(c3ccc([N+](=O)[O-])cc3Cl)OC2=O)cc1OCC. The second kappa shape index (κ2) is 8.74. The van der Waals surface area contributed by atoms with Crippen molar-refractivity contribution < 1.29 is 23.9 Å². The van der Waals surface area contributed by atoms with Gasteiger partial charge in [-0.1, -0.05) is 17.7 Å². The maximum atomic E-state index is 12.2. The molecule has 0 saturated heterocycles. The lowest BCUT2D eigenvalue weighted by Crippen LogP contribution is -2.06. The molecule has 0 fully saturated rings. The van der Waals surface area contributed by atoms with Gasteiger partial charge in [0, 0.05) is 12.1 Å². The summed E-state index contributed by atoms with van der Waals surface area (Å²) in [6.45, 7) is 4.69. The number of benzene rings is 2. The number of nitro groups is 1. The number of carbonyl (C=O) groups excluding carboxylic acids is 1. The van der Waals surface area contributed by atoms with Crippen LogP contribution in [0.3, 0.4) is 0 Å². The van der Waals surface area contributed by atoms with Crippen LogP contribution < -0.4 is 9.47 Å². The number of rotatable bonds is 7. The number of halogens is 1. The van der Waals surface area contributed by atoms with Crippen molar-refractivity contribution in [2.24, 2.45) is 4.99 Å². The molecule has 0 atom stereocenters. The highest BCUT2D eigenvalue weighted by atomic mass is 35.5. The molecule has 0 radical (unpaired) electrons. The summed E-state index contributed by atoms with van der Waals surface area (Å²) in [5.41, 5.74) is 0.859. The Kier molecular flexibility index (Phi) is 6.13. The van der Waals surface area contributed by atoms with Crippen LogP contribution in [0.15, 0.2) is 47.1 Å². The van der Waals surface area contributed by atoms with Gasteiger partial charge in [0.2, 0.25) is 5.90 Å². The van der Waals surface area contributed by atoms with Crippen LogP contribution in [0.4, 0.5) is 5.69 Å². The molecular formula is C20H17ClN2O6. The molecule has 0 aliphatic carbocycles. The highest BCUT2D eigenvalue weighted by Gasteiger charge is 2.26. The standard InChI is InChI=1S/C20H17ClN2O6/c1-3-27-17-8-5-12(10-18(17)28-4-2)9-16-20(24)29-19(22-16)14-7-6-13(23(25)26)11-15(14)21/h5-11H,3-4H2,1-2H3/b16-9-. The number of aliphatic imine (C=N–C) groups is 1. The van der Waals surface area contributed by atoms with E-state index in [-0.39, 0.29) is 27.9 Å². The minimum Gasteiger partial charge on any atom is -0.490 e. The summed E-state index contributed by atoms with van der Waals surface area (Å²) in [5.74, 6) is 0.489. The summed E-state index contributed by atoms with van der Waals surface area (Å²) in [6, 6.07) is 9.08. The molecule has 29 heavy (non-hydrogen) atoms. The van der Waals surface area contributed by atoms with E-state index in [2.05, 4.69) is 4.99 Å². The third-order valence-corrected chi connectivity index (χ3v) is 4.20. The van der Waals surface area contributed by atoms with Gasteiger partial charge in [0.15, 0.2) is 17.2 Å². The van der Waals surface area contributed by atoms with Crippen LogP contribution in [0.25, 0.3) is 6.08 Å². The van der Waals surface area contributed by atoms with Crippen LogP contribution in [0.2, 0.25) is 5.02 Å². The highest BCUT2D eigenvalue weighted by Crippen LogP contribution is 2.31. The summed E-state index contributed by atoms with van der Waals surface area (Å²) in [6.07, 6.45) is 1.55. The number of cyclic esters (lactones) is 1. The van der Waals surface area contributed by atoms with Gasteiger partial charge in [0.25, 0.3) is 5.69 Å². The van der Waals surface area contributed by atoms with E-state index in [1.54, 1.807) is 24.3 Å². The summed E-state index contributed by atoms with van der Waals surface area (Å²) in [4.78, 5) is 26.7. The third kappa shape index (κ3) is 4.55. The quantitative estimate of drug-likeness (QED) is 0.287. The molecule has 150 valence electrons. The molecule has 0 amide bonds. The summed E-state index contributed by atoms with van der Waals surface area (Å²) in [5, 5.41) is 10.9. The second-order valence-corrected chi connectivity index (χ2v) is 6.24. The van der Waals surface area contributed by atoms with Crippen molar-refractivity contribution in [1.29, 1.82) is 0 Å². The van der Waals surface area contributed by atoms with E-state index in [1.807, 2.05) is 13.8 Å². The predicted molar refractivity (Wildman–Crippen MR) is 107 cm³/mol. The molecule has 0 unspecified atom stereocenters. The molecule has 2 aromatic rings. The molecule has 3 rings (SSSR count). The van der Waals surface area contributed by atoms with Crippen LogP contribution >= 0.6 is 11.6 Å². The van der Waals surface area contributed by atoms with E-state index in [1.165, 1.54) is 18.2 Å². The number of hydrogen-bond acceptors (Lipinski definition) is 7. The number of nitrogens with zero attached hydrogens (tertiary/aromatic N) is 2. The maximum Gasteiger partial charge on any atom is 0.363 e. The largest absolute Gasteiger partial charge is 0.490 e. The van der Waals surface area contributed by atoms with Crippen molar-refractivity contribution in [1.82, 2.24) is 0 Å². The Morgan fingerprint density at radius 3 is 2.52 bits per heavy atom. The number of carbonyl (C=O) groups is 1. The molecule has 8 nitrogen and oxygen atoms in total. The van der Waals surface area contributed by atoms with Gasteiger partial charge in [0.05, 0.1) is 28.7 Å². The van der Waals surface area contributed by atoms with E-state index in [0.717, 1.165) is 0 Å². The average molecular weight is 417 g/mol. The van der Waals surface area contributed by atoms with E-state index < -0.39 is 10.9 Å². The van der Waals surface area contributed by atoms with Crippen molar-refractivity contribution in [2.45, 2.75) is 13.8 Å². The smallest absolute Gasteiger partial charge is 0.363 e. The Morgan fingerprint density at radius 2 is 1.86 bits per heavy atom. The molecule has 1 aliphatic rings. The first-order chi connectivity index (χ1) is 13.9. The van der Waals surface area contributed by atoms with Crippen LogP contribution in [-0.4, -0.2) is 30.0 Å². The molecule has 2 aromatic carbocycles. The number of ether oxygens (including phenoxy) is 3. The fourth-order valence-electron chi connectivity index (χ4n) is 2.63. The summed E-state index contributed by atoms with van der Waals surface area (Å²) < 4.78 is 16.3. The van der Waals surface area contributed by atoms with Gasteiger partial charge in [-0.25, -0.2) is 9.79 Å². The fraction of sp³-hybridized carbons (Fsp3) is 0.200. The van der Waals surface area contributed by atoms with Gasteiger partial charge in [-0.3, -0.25) is 10.1 Å². The molecule has 0 N–H and O–H groups in total. The minimum atomic E-state index is -0.652. The van der Waals surface area contributed by atoms with Gasteiger partial charge >= 0.3 is 5.97 Å². The monoisotopic (exact) mass is 416 g/mol. The fourth-order valence-corrected chi connectivity index (χ4v) is 2.89. The van der Waals surface area contributed by atoms with Crippen molar-refractivity contribution in [2.75, 3.05) is 13.2 Å². The first-order valence-corrected chi connectivity index (χ1v) is 9.17. The Bertz CT molecular complexity index is 1030. The number of non-ortho nitro benzene ring substituents is 1. The Balaban J connectivity index is 1.92. The lowest BCUT2D eigenvalue weighted by Gasteiger charge is -2.11. The van der Waals surface area contributed by atoms with Crippen molar-refractivity contribution in [3.05, 3.63) is 68.4 Å². The Hall–Kier alpha value is -3.39. The van der Waals surface area contributed by atoms with E-state index in [4.69, 9.17) is 25.8 Å². The van der Waals surface area contributed by atoms with Crippen molar-refractivity contribution in [3.8, 4) is 11.5 Å². The van der Waals surface area contributed by atoms with E-state index >= 15 is 0 Å². The molecule has 9 heteroatoms. The normalized spacial score (nSPS) is 14.5. The Morgan fingerprint density at radius 1 is 1.14 bits per heavy atom. The van der Waals surface area contributed by atoms with Crippen molar-refractivity contribution >= 4 is 35.2 Å². The minimum absolute atomic E-state index is 0.0166. The summed E-state index contributed by atoms with van der Waals surface area (Å²) in [7, 11) is 0. The van der Waals surface area contributed by atoms with Gasteiger partial charge in [-0.2, -0.15) is 0 Å². The lowest BCUT2D eigenvalue weighted by atomic mass is 10.1. The first kappa shape index (κ1) is 20.3. The topological polar surface area (TPSA) is 100 Å². The zero-order valence-electron chi connectivity index (χ0n) is 15.7. The summed E-state index contributed by atoms with van der Waals surface area (Å²) >= 11 is 6.09. The molecule has 1 heterocycles. The average Bonchev–Trinajstić information content (AvgIpc) is 3.04. The number of hydrogen-bond donors (Lipinski definition) is 0. The molecule has 0 spiro atoms. The number of esters is 1. The van der Waals surface area contributed by atoms with Crippen molar-refractivity contribution in [3.63, 3.8) is 0 Å². The predicted octanol–water partition coefficient (Wildman–Crippen LogP) is 4.39. The first-order valence-electron chi connectivity index (χ1n) is 8.79. The highest BCUT2D eigenvalue weighted by molar-refractivity contribution is 6.34. The molecule has 1 aliphatic heterocycles. The number of nitro benzene ring substituents is 1. The van der Waals surface area contributed by atoms with Crippen LogP contribution in [0, 0.1) is 10.1 Å². The molecule has 0 aromatic heterocycles. The van der Waals surface area contributed by atoms with Gasteiger partial charge < -0.3 is 14.2 Å². The molecule has 0 saturated carbocycles. The Labute approximate surface area is 171 Å². The molecule has 0 bridgehead atoms. The second-order valence-electron chi connectivity index (χ2n) is 5.83. The zero-order chi connectivity index (χ0) is 21.0. The zero-order valence-corrected chi connectivity index (χ0v) is 16.4. The molecular weight excluding hydrogens is 400 g/mol.